The number of aliphatic carboxylic acids is 1. The monoisotopic (exact) mass is 321 g/mol. The molecule has 5 nitrogen and oxygen atoms in total. The normalized spacial score (nSPS) is 13.9. The second-order valence-corrected chi connectivity index (χ2v) is 6.85. The average Bonchev–Trinajstić information content (AvgIpc) is 2.43. The zero-order chi connectivity index (χ0) is 17.5. The number of alkyl carbamates (subject to hydrolysis) is 1. The van der Waals surface area contributed by atoms with Gasteiger partial charge in [-0.2, -0.15) is 0 Å². The highest BCUT2D eigenvalue weighted by molar-refractivity contribution is 5.69. The van der Waals surface area contributed by atoms with Crippen LogP contribution in [-0.4, -0.2) is 28.8 Å². The number of amides is 1. The summed E-state index contributed by atoms with van der Waals surface area (Å²) in [6, 6.07) is 9.65. The second-order valence-electron chi connectivity index (χ2n) is 6.85. The van der Waals surface area contributed by atoms with E-state index in [-0.39, 0.29) is 6.04 Å². The van der Waals surface area contributed by atoms with E-state index in [1.54, 1.807) is 6.92 Å². The molecule has 1 rings (SSSR count). The van der Waals surface area contributed by atoms with Gasteiger partial charge < -0.3 is 15.2 Å². The number of rotatable bonds is 7. The summed E-state index contributed by atoms with van der Waals surface area (Å²) in [6.45, 7) is 7.11. The molecule has 2 atom stereocenters. The lowest BCUT2D eigenvalue weighted by Crippen LogP contribution is -2.40. The molecule has 128 valence electrons. The maximum absolute atomic E-state index is 12.0. The number of carbonyl (C=O) groups excluding carboxylic acids is 1. The highest BCUT2D eigenvalue weighted by Gasteiger charge is 2.21. The number of hydrogen-bond acceptors (Lipinski definition) is 3. The van der Waals surface area contributed by atoms with Crippen molar-refractivity contribution < 1.29 is 19.4 Å². The van der Waals surface area contributed by atoms with Crippen LogP contribution in [0.5, 0.6) is 0 Å². The van der Waals surface area contributed by atoms with E-state index >= 15 is 0 Å². The largest absolute Gasteiger partial charge is 0.481 e. The number of hydrogen-bond donors (Lipinski definition) is 2. The van der Waals surface area contributed by atoms with Gasteiger partial charge in [-0.1, -0.05) is 37.3 Å². The van der Waals surface area contributed by atoms with Crippen molar-refractivity contribution in [2.45, 2.75) is 58.6 Å². The zero-order valence-corrected chi connectivity index (χ0v) is 14.3. The summed E-state index contributed by atoms with van der Waals surface area (Å²) in [5.74, 6) is -1.26. The van der Waals surface area contributed by atoms with Crippen molar-refractivity contribution in [3.8, 4) is 0 Å². The lowest BCUT2D eigenvalue weighted by atomic mass is 9.97. The number of carbonyl (C=O) groups is 2. The fourth-order valence-corrected chi connectivity index (χ4v) is 2.17. The molecule has 2 N–H and O–H groups in total. The molecular formula is C18H27NO4. The molecule has 0 bridgehead atoms. The summed E-state index contributed by atoms with van der Waals surface area (Å²) >= 11 is 0. The van der Waals surface area contributed by atoms with Crippen molar-refractivity contribution >= 4 is 12.1 Å². The summed E-state index contributed by atoms with van der Waals surface area (Å²) in [5.41, 5.74) is 0.534. The van der Waals surface area contributed by atoms with Crippen molar-refractivity contribution in [1.29, 1.82) is 0 Å². The van der Waals surface area contributed by atoms with Crippen molar-refractivity contribution in [3.63, 3.8) is 0 Å². The second kappa shape index (κ2) is 8.56. The lowest BCUT2D eigenvalue weighted by Gasteiger charge is -2.24. The number of benzene rings is 1. The van der Waals surface area contributed by atoms with Crippen LogP contribution in [0.15, 0.2) is 30.3 Å². The Bertz CT molecular complexity index is 508. The SMILES string of the molecule is C[C@H](CC[C@H](Cc1ccccc1)NC(=O)OC(C)(C)C)C(=O)O. The maximum Gasteiger partial charge on any atom is 0.407 e. The minimum absolute atomic E-state index is 0.158. The van der Waals surface area contributed by atoms with E-state index in [9.17, 15) is 9.59 Å². The molecule has 0 saturated heterocycles. The van der Waals surface area contributed by atoms with Gasteiger partial charge >= 0.3 is 12.1 Å². The molecule has 1 aromatic carbocycles. The molecule has 1 amide bonds. The molecule has 1 aromatic rings. The summed E-state index contributed by atoms with van der Waals surface area (Å²) in [6.07, 6.45) is 1.26. The minimum Gasteiger partial charge on any atom is -0.481 e. The smallest absolute Gasteiger partial charge is 0.407 e. The Balaban J connectivity index is 2.67. The third kappa shape index (κ3) is 8.24. The molecule has 0 radical (unpaired) electrons. The lowest BCUT2D eigenvalue weighted by molar-refractivity contribution is -0.141. The Hall–Kier alpha value is -2.04. The van der Waals surface area contributed by atoms with E-state index in [4.69, 9.17) is 9.84 Å². The van der Waals surface area contributed by atoms with Crippen LogP contribution in [0.4, 0.5) is 4.79 Å². The predicted molar refractivity (Wildman–Crippen MR) is 89.3 cm³/mol. The molecule has 0 aliphatic heterocycles. The van der Waals surface area contributed by atoms with E-state index in [0.29, 0.717) is 19.3 Å². The topological polar surface area (TPSA) is 75.6 Å². The van der Waals surface area contributed by atoms with Gasteiger partial charge in [-0.25, -0.2) is 4.79 Å². The number of carboxylic acid groups (broad SMARTS) is 1. The van der Waals surface area contributed by atoms with Gasteiger partial charge in [-0.15, -0.1) is 0 Å². The molecule has 0 aliphatic rings. The van der Waals surface area contributed by atoms with Gasteiger partial charge in [-0.05, 0) is 45.6 Å². The van der Waals surface area contributed by atoms with Crippen molar-refractivity contribution in [3.05, 3.63) is 35.9 Å². The van der Waals surface area contributed by atoms with Crippen LogP contribution >= 0.6 is 0 Å². The van der Waals surface area contributed by atoms with Crippen LogP contribution in [0.1, 0.15) is 46.1 Å². The van der Waals surface area contributed by atoms with E-state index < -0.39 is 23.6 Å². The first-order valence-electron chi connectivity index (χ1n) is 7.93. The summed E-state index contributed by atoms with van der Waals surface area (Å²) < 4.78 is 5.29. The van der Waals surface area contributed by atoms with Crippen molar-refractivity contribution in [1.82, 2.24) is 5.32 Å². The van der Waals surface area contributed by atoms with E-state index in [0.717, 1.165) is 5.56 Å². The van der Waals surface area contributed by atoms with Gasteiger partial charge in [0.15, 0.2) is 0 Å². The van der Waals surface area contributed by atoms with Crippen LogP contribution in [0.3, 0.4) is 0 Å². The number of nitrogens with one attached hydrogen (secondary N) is 1. The fourth-order valence-electron chi connectivity index (χ4n) is 2.17. The van der Waals surface area contributed by atoms with Gasteiger partial charge in [0.05, 0.1) is 5.92 Å². The molecule has 0 heterocycles. The van der Waals surface area contributed by atoms with Gasteiger partial charge in [0.2, 0.25) is 0 Å². The fraction of sp³-hybridized carbons (Fsp3) is 0.556. The van der Waals surface area contributed by atoms with Crippen LogP contribution in [-0.2, 0) is 16.0 Å². The van der Waals surface area contributed by atoms with Crippen LogP contribution in [0.25, 0.3) is 0 Å². The molecule has 0 saturated carbocycles. The Morgan fingerprint density at radius 2 is 1.78 bits per heavy atom. The third-order valence-electron chi connectivity index (χ3n) is 3.42. The molecule has 0 aromatic heterocycles. The van der Waals surface area contributed by atoms with Crippen LogP contribution in [0, 0.1) is 5.92 Å². The summed E-state index contributed by atoms with van der Waals surface area (Å²) in [4.78, 5) is 23.0. The number of carboxylic acids is 1. The Morgan fingerprint density at radius 3 is 2.30 bits per heavy atom. The zero-order valence-electron chi connectivity index (χ0n) is 14.3. The van der Waals surface area contributed by atoms with Crippen molar-refractivity contribution in [2.24, 2.45) is 5.92 Å². The highest BCUT2D eigenvalue weighted by atomic mass is 16.6. The quantitative estimate of drug-likeness (QED) is 0.804. The Kier molecular flexibility index (Phi) is 7.07. The predicted octanol–water partition coefficient (Wildman–Crippen LogP) is 3.62. The molecular weight excluding hydrogens is 294 g/mol. The van der Waals surface area contributed by atoms with Crippen LogP contribution < -0.4 is 5.32 Å². The maximum atomic E-state index is 12.0. The van der Waals surface area contributed by atoms with Crippen LogP contribution in [0.2, 0.25) is 0 Å². The van der Waals surface area contributed by atoms with Gasteiger partial charge in [0.25, 0.3) is 0 Å². The Labute approximate surface area is 138 Å². The minimum atomic E-state index is -0.819. The first-order chi connectivity index (χ1) is 10.7. The molecule has 23 heavy (non-hydrogen) atoms. The first kappa shape index (κ1) is 19.0. The van der Waals surface area contributed by atoms with Gasteiger partial charge in [0, 0.05) is 6.04 Å². The van der Waals surface area contributed by atoms with Gasteiger partial charge in [-0.3, -0.25) is 4.79 Å². The standard InChI is InChI=1S/C18H27NO4/c1-13(16(20)21)10-11-15(12-14-8-6-5-7-9-14)19-17(22)23-18(2,3)4/h5-9,13,15H,10-12H2,1-4H3,(H,19,22)(H,20,21)/t13-,15-/m1/s1. The van der Waals surface area contributed by atoms with E-state index in [1.165, 1.54) is 0 Å². The third-order valence-corrected chi connectivity index (χ3v) is 3.42. The first-order valence-corrected chi connectivity index (χ1v) is 7.93. The van der Waals surface area contributed by atoms with E-state index in [2.05, 4.69) is 5.32 Å². The molecule has 0 unspecified atom stereocenters. The van der Waals surface area contributed by atoms with Gasteiger partial charge in [0.1, 0.15) is 5.60 Å². The molecule has 0 spiro atoms. The summed E-state index contributed by atoms with van der Waals surface area (Å²) in [5, 5.41) is 11.9. The average molecular weight is 321 g/mol. The Morgan fingerprint density at radius 1 is 1.17 bits per heavy atom. The van der Waals surface area contributed by atoms with Crippen molar-refractivity contribution in [2.75, 3.05) is 0 Å². The molecule has 0 fully saturated rings. The summed E-state index contributed by atoms with van der Waals surface area (Å²) in [7, 11) is 0. The number of ether oxygens (including phenoxy) is 1. The highest BCUT2D eigenvalue weighted by Crippen LogP contribution is 2.14. The molecule has 5 heteroatoms. The molecule has 0 aliphatic carbocycles. The van der Waals surface area contributed by atoms with E-state index in [1.807, 2.05) is 51.1 Å².